The fraction of sp³-hybridized carbons (Fsp3) is 0.300. The number of carbonyl (C=O) groups is 1. The number of hydrogen-bond acceptors (Lipinski definition) is 4. The predicted molar refractivity (Wildman–Crippen MR) is 105 cm³/mol. The van der Waals surface area contributed by atoms with E-state index in [1.54, 1.807) is 23.0 Å². The maximum atomic E-state index is 13.2. The van der Waals surface area contributed by atoms with Gasteiger partial charge in [-0.3, -0.25) is 9.55 Å². The third kappa shape index (κ3) is 4.50. The van der Waals surface area contributed by atoms with Crippen molar-refractivity contribution in [3.63, 3.8) is 0 Å². The van der Waals surface area contributed by atoms with Gasteiger partial charge in [-0.2, -0.15) is 5.10 Å². The molecule has 1 atom stereocenters. The van der Waals surface area contributed by atoms with Gasteiger partial charge in [-0.25, -0.2) is 18.7 Å². The number of carbonyl (C=O) groups excluding carboxylic acids is 1. The zero-order chi connectivity index (χ0) is 20.2. The molecule has 1 aliphatic rings. The molecule has 0 saturated carbocycles. The summed E-state index contributed by atoms with van der Waals surface area (Å²) in [5.41, 5.74) is 1.15. The van der Waals surface area contributed by atoms with Crippen molar-refractivity contribution in [1.29, 1.82) is 0 Å². The van der Waals surface area contributed by atoms with Gasteiger partial charge >= 0.3 is 11.7 Å². The number of anilines is 1. The summed E-state index contributed by atoms with van der Waals surface area (Å²) >= 11 is 0. The fourth-order valence-electron chi connectivity index (χ4n) is 3.46. The van der Waals surface area contributed by atoms with E-state index in [9.17, 15) is 14.0 Å². The van der Waals surface area contributed by atoms with Crippen LogP contribution in [0.15, 0.2) is 53.6 Å². The lowest BCUT2D eigenvalue weighted by Crippen LogP contribution is -2.38. The van der Waals surface area contributed by atoms with Gasteiger partial charge in [-0.15, -0.1) is 0 Å². The van der Waals surface area contributed by atoms with Crippen molar-refractivity contribution in [2.24, 2.45) is 0 Å². The maximum Gasteiger partial charge on any atom is 0.346 e. The summed E-state index contributed by atoms with van der Waals surface area (Å²) in [5.74, 6) is 0.305. The van der Waals surface area contributed by atoms with E-state index in [4.69, 9.17) is 0 Å². The second kappa shape index (κ2) is 8.26. The summed E-state index contributed by atoms with van der Waals surface area (Å²) in [6.07, 6.45) is 5.27. The molecule has 0 bridgehead atoms. The highest BCUT2D eigenvalue weighted by Gasteiger charge is 2.22. The first kappa shape index (κ1) is 18.9. The molecule has 2 N–H and O–H groups in total. The van der Waals surface area contributed by atoms with E-state index in [1.807, 2.05) is 12.1 Å². The lowest BCUT2D eigenvalue weighted by atomic mass is 10.1. The third-order valence-corrected chi connectivity index (χ3v) is 4.89. The summed E-state index contributed by atoms with van der Waals surface area (Å²) < 4.78 is 16.4. The van der Waals surface area contributed by atoms with E-state index >= 15 is 0 Å². The van der Waals surface area contributed by atoms with Crippen LogP contribution in [0.4, 0.5) is 14.9 Å². The van der Waals surface area contributed by atoms with E-state index in [1.165, 1.54) is 22.9 Å². The van der Waals surface area contributed by atoms with Gasteiger partial charge in [0.1, 0.15) is 11.6 Å². The molecule has 1 unspecified atom stereocenters. The van der Waals surface area contributed by atoms with E-state index in [0.29, 0.717) is 43.9 Å². The van der Waals surface area contributed by atoms with Crippen LogP contribution in [0.5, 0.6) is 0 Å². The Morgan fingerprint density at radius 3 is 2.93 bits per heavy atom. The van der Waals surface area contributed by atoms with Crippen LogP contribution in [-0.4, -0.2) is 31.4 Å². The number of nitrogens with one attached hydrogen (secondary N) is 2. The molecule has 1 aromatic carbocycles. The molecular weight excluding hydrogens is 375 g/mol. The molecule has 8 nitrogen and oxygen atoms in total. The third-order valence-electron chi connectivity index (χ3n) is 4.89. The minimum atomic E-state index is -0.412. The minimum Gasteiger partial charge on any atom is -0.335 e. The molecule has 9 heteroatoms. The van der Waals surface area contributed by atoms with Gasteiger partial charge in [0.05, 0.1) is 6.54 Å². The first-order valence-corrected chi connectivity index (χ1v) is 9.47. The van der Waals surface area contributed by atoms with Crippen molar-refractivity contribution >= 4 is 11.7 Å². The van der Waals surface area contributed by atoms with Crippen LogP contribution in [-0.2, 0) is 19.5 Å². The largest absolute Gasteiger partial charge is 0.346 e. The Morgan fingerprint density at radius 1 is 1.24 bits per heavy atom. The van der Waals surface area contributed by atoms with Crippen LogP contribution in [0.1, 0.15) is 24.2 Å². The Morgan fingerprint density at radius 2 is 2.14 bits per heavy atom. The summed E-state index contributed by atoms with van der Waals surface area (Å²) in [4.78, 5) is 28.9. The molecule has 2 aromatic heterocycles. The molecule has 0 aliphatic carbocycles. The Balaban J connectivity index is 1.37. The number of nitrogens with zero attached hydrogens (tertiary/aromatic N) is 4. The maximum absolute atomic E-state index is 13.2. The summed E-state index contributed by atoms with van der Waals surface area (Å²) in [6, 6.07) is 8.96. The van der Waals surface area contributed by atoms with Crippen LogP contribution in [0.3, 0.4) is 0 Å². The number of amides is 2. The number of benzene rings is 1. The van der Waals surface area contributed by atoms with Crippen molar-refractivity contribution in [2.75, 3.05) is 5.32 Å². The molecule has 0 spiro atoms. The van der Waals surface area contributed by atoms with Crippen molar-refractivity contribution in [2.45, 2.75) is 38.4 Å². The van der Waals surface area contributed by atoms with Gasteiger partial charge in [-0.05, 0) is 42.7 Å². The van der Waals surface area contributed by atoms with Gasteiger partial charge in [0.15, 0.2) is 0 Å². The molecule has 1 aliphatic heterocycles. The standard InChI is InChI=1S/C20H21FN6O2/c21-15-4-1-5-17(11-15)24-19(28)23-16-6-7-18-25-27(20(29)26(18)10-8-16)13-14-3-2-9-22-12-14/h1-5,9,11-12,16H,6-8,10,13H2,(H2,23,24,28). The van der Waals surface area contributed by atoms with Crippen LogP contribution >= 0.6 is 0 Å². The van der Waals surface area contributed by atoms with Crippen molar-refractivity contribution < 1.29 is 9.18 Å². The molecule has 150 valence electrons. The lowest BCUT2D eigenvalue weighted by molar-refractivity contribution is 0.247. The van der Waals surface area contributed by atoms with Crippen molar-refractivity contribution in [3.8, 4) is 0 Å². The fourth-order valence-corrected chi connectivity index (χ4v) is 3.46. The monoisotopic (exact) mass is 396 g/mol. The number of urea groups is 1. The van der Waals surface area contributed by atoms with E-state index in [-0.39, 0.29) is 11.7 Å². The molecule has 2 amide bonds. The first-order valence-electron chi connectivity index (χ1n) is 9.47. The normalized spacial score (nSPS) is 16.0. The molecule has 3 aromatic rings. The number of hydrogen-bond donors (Lipinski definition) is 2. The topological polar surface area (TPSA) is 93.8 Å². The minimum absolute atomic E-state index is 0.101. The SMILES string of the molecule is O=C(Nc1cccc(F)c1)NC1CCc2nn(Cc3cccnc3)c(=O)n2CC1. The van der Waals surface area contributed by atoms with E-state index in [0.717, 1.165) is 5.56 Å². The number of aromatic nitrogens is 4. The summed E-state index contributed by atoms with van der Waals surface area (Å²) in [6.45, 7) is 0.858. The van der Waals surface area contributed by atoms with Gasteiger partial charge < -0.3 is 10.6 Å². The van der Waals surface area contributed by atoms with Crippen molar-refractivity contribution in [3.05, 3.63) is 76.5 Å². The average molecular weight is 396 g/mol. The Labute approximate surface area is 166 Å². The number of fused-ring (bicyclic) bond motifs is 1. The Kier molecular flexibility index (Phi) is 5.37. The van der Waals surface area contributed by atoms with Crippen LogP contribution < -0.4 is 16.3 Å². The smallest absolute Gasteiger partial charge is 0.335 e. The molecule has 29 heavy (non-hydrogen) atoms. The number of aryl methyl sites for hydroxylation is 1. The van der Waals surface area contributed by atoms with Gasteiger partial charge in [-0.1, -0.05) is 12.1 Å². The van der Waals surface area contributed by atoms with Gasteiger partial charge in [0.25, 0.3) is 0 Å². The Hall–Kier alpha value is -3.49. The molecule has 0 radical (unpaired) electrons. The van der Waals surface area contributed by atoms with Crippen LogP contribution in [0.25, 0.3) is 0 Å². The van der Waals surface area contributed by atoms with E-state index < -0.39 is 11.8 Å². The van der Waals surface area contributed by atoms with Gasteiger partial charge in [0, 0.05) is 37.1 Å². The number of rotatable bonds is 4. The van der Waals surface area contributed by atoms with Crippen LogP contribution in [0.2, 0.25) is 0 Å². The zero-order valence-electron chi connectivity index (χ0n) is 15.7. The summed E-state index contributed by atoms with van der Waals surface area (Å²) in [5, 5.41) is 9.99. The molecule has 4 rings (SSSR count). The molecular formula is C20H21FN6O2. The lowest BCUT2D eigenvalue weighted by Gasteiger charge is -2.16. The second-order valence-corrected chi connectivity index (χ2v) is 7.00. The summed E-state index contributed by atoms with van der Waals surface area (Å²) in [7, 11) is 0. The average Bonchev–Trinajstić information content (AvgIpc) is 2.86. The highest BCUT2D eigenvalue weighted by atomic mass is 19.1. The number of pyridine rings is 1. The van der Waals surface area contributed by atoms with Crippen LogP contribution in [0, 0.1) is 5.82 Å². The Bertz CT molecular complexity index is 1060. The highest BCUT2D eigenvalue weighted by molar-refractivity contribution is 5.89. The predicted octanol–water partition coefficient (Wildman–Crippen LogP) is 2.15. The highest BCUT2D eigenvalue weighted by Crippen LogP contribution is 2.13. The zero-order valence-corrected chi connectivity index (χ0v) is 15.7. The quantitative estimate of drug-likeness (QED) is 0.707. The molecule has 3 heterocycles. The second-order valence-electron chi connectivity index (χ2n) is 7.00. The molecule has 0 fully saturated rings. The van der Waals surface area contributed by atoms with Gasteiger partial charge in [0.2, 0.25) is 0 Å². The first-order chi connectivity index (χ1) is 14.1. The number of halogens is 1. The molecule has 0 saturated heterocycles. The van der Waals surface area contributed by atoms with Crippen molar-refractivity contribution in [1.82, 2.24) is 24.6 Å². The van der Waals surface area contributed by atoms with E-state index in [2.05, 4.69) is 20.7 Å².